The van der Waals surface area contributed by atoms with Gasteiger partial charge in [-0.05, 0) is 36.8 Å². The van der Waals surface area contributed by atoms with E-state index in [-0.39, 0.29) is 5.78 Å². The molecule has 5 nitrogen and oxygen atoms in total. The highest BCUT2D eigenvalue weighted by molar-refractivity contribution is 6.31. The average molecular weight is 364 g/mol. The fourth-order valence-electron chi connectivity index (χ4n) is 2.41. The molecule has 0 bridgehead atoms. The zero-order chi connectivity index (χ0) is 18.4. The first-order valence-electron chi connectivity index (χ1n) is 7.83. The first kappa shape index (κ1) is 18.9. The Kier molecular flexibility index (Phi) is 6.53. The van der Waals surface area contributed by atoms with Crippen molar-refractivity contribution in [1.82, 2.24) is 0 Å². The van der Waals surface area contributed by atoms with Gasteiger partial charge in [0.15, 0.2) is 17.3 Å². The van der Waals surface area contributed by atoms with Gasteiger partial charge in [-0.25, -0.2) is 0 Å². The molecule has 0 aliphatic carbocycles. The van der Waals surface area contributed by atoms with E-state index in [1.165, 1.54) is 21.3 Å². The van der Waals surface area contributed by atoms with Crippen molar-refractivity contribution in [3.05, 3.63) is 46.5 Å². The number of hydrogen-bond donors (Lipinski definition) is 1. The number of ketones is 1. The number of halogens is 1. The van der Waals surface area contributed by atoms with Crippen LogP contribution in [0.25, 0.3) is 0 Å². The monoisotopic (exact) mass is 363 g/mol. The van der Waals surface area contributed by atoms with E-state index in [2.05, 4.69) is 5.32 Å². The highest BCUT2D eigenvalue weighted by Gasteiger charge is 2.16. The fraction of sp³-hybridized carbons (Fsp3) is 0.316. The quantitative estimate of drug-likeness (QED) is 0.706. The van der Waals surface area contributed by atoms with E-state index in [0.29, 0.717) is 40.8 Å². The fourth-order valence-corrected chi connectivity index (χ4v) is 2.59. The number of anilines is 1. The Balaban J connectivity index is 2.06. The molecule has 0 spiro atoms. The maximum absolute atomic E-state index is 12.5. The standard InChI is InChI=1S/C19H22ClNO4/c1-12-5-6-14(11-15(12)20)21-8-7-16(22)13-9-17(23-2)19(25-4)18(10-13)24-3/h5-6,9-11,21H,7-8H2,1-4H3. The molecule has 134 valence electrons. The minimum absolute atomic E-state index is 0.0232. The topological polar surface area (TPSA) is 56.8 Å². The normalized spacial score (nSPS) is 10.3. The van der Waals surface area contributed by atoms with Crippen molar-refractivity contribution >= 4 is 23.1 Å². The molecule has 0 saturated heterocycles. The molecule has 1 N–H and O–H groups in total. The van der Waals surface area contributed by atoms with Gasteiger partial charge in [0, 0.05) is 29.2 Å². The third-order valence-electron chi connectivity index (χ3n) is 3.84. The number of hydrogen-bond acceptors (Lipinski definition) is 5. The van der Waals surface area contributed by atoms with Gasteiger partial charge >= 0.3 is 0 Å². The average Bonchev–Trinajstić information content (AvgIpc) is 2.63. The molecule has 0 unspecified atom stereocenters. The van der Waals surface area contributed by atoms with Gasteiger partial charge in [0.2, 0.25) is 5.75 Å². The molecule has 0 fully saturated rings. The molecule has 0 atom stereocenters. The summed E-state index contributed by atoms with van der Waals surface area (Å²) < 4.78 is 15.8. The number of benzene rings is 2. The van der Waals surface area contributed by atoms with Crippen LogP contribution in [-0.4, -0.2) is 33.7 Å². The SMILES string of the molecule is COc1cc(C(=O)CCNc2ccc(C)c(Cl)c2)cc(OC)c1OC. The number of nitrogens with one attached hydrogen (secondary N) is 1. The summed E-state index contributed by atoms with van der Waals surface area (Å²) in [4.78, 5) is 12.5. The van der Waals surface area contributed by atoms with Crippen LogP contribution in [0.3, 0.4) is 0 Å². The molecule has 0 saturated carbocycles. The second-order valence-electron chi connectivity index (χ2n) is 5.48. The van der Waals surface area contributed by atoms with Gasteiger partial charge in [-0.3, -0.25) is 4.79 Å². The van der Waals surface area contributed by atoms with Crippen molar-refractivity contribution in [2.24, 2.45) is 0 Å². The molecule has 2 aromatic rings. The van der Waals surface area contributed by atoms with Gasteiger partial charge < -0.3 is 19.5 Å². The highest BCUT2D eigenvalue weighted by Crippen LogP contribution is 2.38. The van der Waals surface area contributed by atoms with E-state index in [1.807, 2.05) is 25.1 Å². The largest absolute Gasteiger partial charge is 0.493 e. The van der Waals surface area contributed by atoms with Crippen LogP contribution in [0.2, 0.25) is 5.02 Å². The van der Waals surface area contributed by atoms with Crippen LogP contribution in [0.1, 0.15) is 22.3 Å². The van der Waals surface area contributed by atoms with E-state index < -0.39 is 0 Å². The summed E-state index contributed by atoms with van der Waals surface area (Å²) in [5.74, 6) is 1.37. The number of carbonyl (C=O) groups excluding carboxylic acids is 1. The molecule has 6 heteroatoms. The first-order chi connectivity index (χ1) is 12.0. The van der Waals surface area contributed by atoms with Crippen molar-refractivity contribution in [3.63, 3.8) is 0 Å². The summed E-state index contributed by atoms with van der Waals surface area (Å²) in [6.07, 6.45) is 0.324. The third-order valence-corrected chi connectivity index (χ3v) is 4.25. The van der Waals surface area contributed by atoms with E-state index >= 15 is 0 Å². The summed E-state index contributed by atoms with van der Waals surface area (Å²) in [5, 5.41) is 3.90. The predicted molar refractivity (Wildman–Crippen MR) is 99.7 cm³/mol. The molecule has 0 heterocycles. The summed E-state index contributed by atoms with van der Waals surface area (Å²) in [6, 6.07) is 9.04. The summed E-state index contributed by atoms with van der Waals surface area (Å²) in [7, 11) is 4.57. The zero-order valence-electron chi connectivity index (χ0n) is 14.8. The van der Waals surface area contributed by atoms with Crippen LogP contribution >= 0.6 is 11.6 Å². The van der Waals surface area contributed by atoms with Gasteiger partial charge in [-0.15, -0.1) is 0 Å². The molecular weight excluding hydrogens is 342 g/mol. The molecule has 0 aliphatic rings. The number of methoxy groups -OCH3 is 3. The molecular formula is C19H22ClNO4. The van der Waals surface area contributed by atoms with Gasteiger partial charge in [0.1, 0.15) is 0 Å². The van der Waals surface area contributed by atoms with Gasteiger partial charge in [-0.2, -0.15) is 0 Å². The summed E-state index contributed by atoms with van der Waals surface area (Å²) in [6.45, 7) is 2.44. The lowest BCUT2D eigenvalue weighted by Gasteiger charge is -2.14. The van der Waals surface area contributed by atoms with E-state index in [0.717, 1.165) is 11.3 Å². The summed E-state index contributed by atoms with van der Waals surface area (Å²) in [5.41, 5.74) is 2.41. The number of aryl methyl sites for hydroxylation is 1. The first-order valence-corrected chi connectivity index (χ1v) is 8.21. The number of Topliss-reactive ketones (excluding diaryl/α,β-unsaturated/α-hetero) is 1. The predicted octanol–water partition coefficient (Wildman–Crippen LogP) is 4.36. The minimum atomic E-state index is -0.0232. The second kappa shape index (κ2) is 8.62. The lowest BCUT2D eigenvalue weighted by atomic mass is 10.1. The molecule has 25 heavy (non-hydrogen) atoms. The van der Waals surface area contributed by atoms with Crippen molar-refractivity contribution in [2.45, 2.75) is 13.3 Å². The van der Waals surface area contributed by atoms with E-state index in [1.54, 1.807) is 12.1 Å². The molecule has 0 radical (unpaired) electrons. The number of rotatable bonds is 8. The maximum atomic E-state index is 12.5. The Bertz CT molecular complexity index is 736. The molecule has 2 aromatic carbocycles. The third kappa shape index (κ3) is 4.57. The van der Waals surface area contributed by atoms with Crippen LogP contribution in [-0.2, 0) is 0 Å². The van der Waals surface area contributed by atoms with Crippen LogP contribution in [0.5, 0.6) is 17.2 Å². The van der Waals surface area contributed by atoms with Crippen molar-refractivity contribution in [1.29, 1.82) is 0 Å². The van der Waals surface area contributed by atoms with E-state index in [9.17, 15) is 4.79 Å². The molecule has 0 aliphatic heterocycles. The Morgan fingerprint density at radius 1 is 1.04 bits per heavy atom. The van der Waals surface area contributed by atoms with Crippen molar-refractivity contribution in [3.8, 4) is 17.2 Å². The molecule has 0 amide bonds. The Hall–Kier alpha value is -2.40. The Morgan fingerprint density at radius 2 is 1.68 bits per heavy atom. The van der Waals surface area contributed by atoms with Crippen molar-refractivity contribution < 1.29 is 19.0 Å². The maximum Gasteiger partial charge on any atom is 0.203 e. The smallest absolute Gasteiger partial charge is 0.203 e. The van der Waals surface area contributed by atoms with Crippen LogP contribution in [0, 0.1) is 6.92 Å². The molecule has 0 aromatic heterocycles. The Labute approximate surface area is 152 Å². The van der Waals surface area contributed by atoms with Gasteiger partial charge in [-0.1, -0.05) is 17.7 Å². The van der Waals surface area contributed by atoms with Crippen LogP contribution in [0.15, 0.2) is 30.3 Å². The summed E-state index contributed by atoms with van der Waals surface area (Å²) >= 11 is 6.10. The zero-order valence-corrected chi connectivity index (χ0v) is 15.6. The van der Waals surface area contributed by atoms with Crippen molar-refractivity contribution in [2.75, 3.05) is 33.2 Å². The second-order valence-corrected chi connectivity index (χ2v) is 5.89. The van der Waals surface area contributed by atoms with Crippen LogP contribution in [0.4, 0.5) is 5.69 Å². The van der Waals surface area contributed by atoms with Gasteiger partial charge in [0.25, 0.3) is 0 Å². The van der Waals surface area contributed by atoms with Crippen LogP contribution < -0.4 is 19.5 Å². The number of carbonyl (C=O) groups is 1. The highest BCUT2D eigenvalue weighted by atomic mass is 35.5. The minimum Gasteiger partial charge on any atom is -0.493 e. The lowest BCUT2D eigenvalue weighted by molar-refractivity contribution is 0.0985. The number of ether oxygens (including phenoxy) is 3. The lowest BCUT2D eigenvalue weighted by Crippen LogP contribution is -2.09. The van der Waals surface area contributed by atoms with Gasteiger partial charge in [0.05, 0.1) is 21.3 Å². The van der Waals surface area contributed by atoms with E-state index in [4.69, 9.17) is 25.8 Å². The Morgan fingerprint density at radius 3 is 2.20 bits per heavy atom. The molecule has 2 rings (SSSR count).